The van der Waals surface area contributed by atoms with Crippen LogP contribution in [0.25, 0.3) is 0 Å². The van der Waals surface area contributed by atoms with Gasteiger partial charge in [-0.1, -0.05) is 0 Å². The summed E-state index contributed by atoms with van der Waals surface area (Å²) in [6, 6.07) is 6.65. The number of nitrogens with one attached hydrogen (secondary N) is 3. The van der Waals surface area contributed by atoms with E-state index in [0.29, 0.717) is 5.69 Å². The SMILES string of the molecule is CC1CC(C)NC(NS(=O)(=O)c2ccc(N)cc2)N1. The highest BCUT2D eigenvalue weighted by atomic mass is 32.2. The average molecular weight is 284 g/mol. The van der Waals surface area contributed by atoms with Gasteiger partial charge in [-0.3, -0.25) is 10.6 Å². The molecule has 7 heteroatoms. The molecule has 1 fully saturated rings. The Morgan fingerprint density at radius 1 is 1.16 bits per heavy atom. The molecule has 106 valence electrons. The second kappa shape index (κ2) is 5.46. The Balaban J connectivity index is 2.10. The lowest BCUT2D eigenvalue weighted by molar-refractivity contribution is 0.251. The first-order valence-corrected chi connectivity index (χ1v) is 7.75. The maximum absolute atomic E-state index is 12.2. The topological polar surface area (TPSA) is 96.2 Å². The molecular weight excluding hydrogens is 264 g/mol. The van der Waals surface area contributed by atoms with Crippen molar-refractivity contribution in [1.29, 1.82) is 0 Å². The monoisotopic (exact) mass is 284 g/mol. The van der Waals surface area contributed by atoms with Crippen LogP contribution < -0.4 is 21.1 Å². The van der Waals surface area contributed by atoms with E-state index >= 15 is 0 Å². The average Bonchev–Trinajstić information content (AvgIpc) is 2.27. The molecule has 5 N–H and O–H groups in total. The van der Waals surface area contributed by atoms with Crippen molar-refractivity contribution in [2.75, 3.05) is 5.73 Å². The van der Waals surface area contributed by atoms with Crippen LogP contribution in [0, 0.1) is 0 Å². The van der Waals surface area contributed by atoms with E-state index in [4.69, 9.17) is 5.73 Å². The third-order valence-corrected chi connectivity index (χ3v) is 4.51. The van der Waals surface area contributed by atoms with Gasteiger partial charge in [0, 0.05) is 17.8 Å². The van der Waals surface area contributed by atoms with Crippen LogP contribution in [0.2, 0.25) is 0 Å². The summed E-state index contributed by atoms with van der Waals surface area (Å²) in [6.07, 6.45) is 0.501. The second-order valence-electron chi connectivity index (χ2n) is 4.99. The summed E-state index contributed by atoms with van der Waals surface area (Å²) in [7, 11) is -3.55. The fourth-order valence-corrected chi connectivity index (χ4v) is 3.30. The largest absolute Gasteiger partial charge is 0.399 e. The van der Waals surface area contributed by atoms with Gasteiger partial charge >= 0.3 is 0 Å². The molecule has 2 unspecified atom stereocenters. The summed E-state index contributed by atoms with van der Waals surface area (Å²) >= 11 is 0. The highest BCUT2D eigenvalue weighted by molar-refractivity contribution is 7.89. The third-order valence-electron chi connectivity index (χ3n) is 3.07. The minimum Gasteiger partial charge on any atom is -0.399 e. The van der Waals surface area contributed by atoms with Crippen LogP contribution in [0.1, 0.15) is 20.3 Å². The van der Waals surface area contributed by atoms with Crippen molar-refractivity contribution in [3.63, 3.8) is 0 Å². The van der Waals surface area contributed by atoms with Gasteiger partial charge in [-0.05, 0) is 44.5 Å². The van der Waals surface area contributed by atoms with E-state index in [1.165, 1.54) is 12.1 Å². The lowest BCUT2D eigenvalue weighted by Gasteiger charge is -2.34. The zero-order valence-electron chi connectivity index (χ0n) is 11.1. The lowest BCUT2D eigenvalue weighted by atomic mass is 10.1. The molecule has 1 aromatic rings. The van der Waals surface area contributed by atoms with Crippen LogP contribution in [0.5, 0.6) is 0 Å². The molecule has 0 radical (unpaired) electrons. The molecule has 2 atom stereocenters. The summed E-state index contributed by atoms with van der Waals surface area (Å²) in [5, 5.41) is 6.32. The minimum atomic E-state index is -3.55. The quantitative estimate of drug-likeness (QED) is 0.594. The second-order valence-corrected chi connectivity index (χ2v) is 6.71. The van der Waals surface area contributed by atoms with Crippen LogP contribution in [-0.4, -0.2) is 26.8 Å². The summed E-state index contributed by atoms with van der Waals surface area (Å²) in [5.74, 6) is 0. The highest BCUT2D eigenvalue weighted by Gasteiger charge is 2.26. The maximum Gasteiger partial charge on any atom is 0.242 e. The molecule has 1 aromatic carbocycles. The van der Waals surface area contributed by atoms with Gasteiger partial charge in [0.05, 0.1) is 4.90 Å². The van der Waals surface area contributed by atoms with Crippen LogP contribution >= 0.6 is 0 Å². The first kappa shape index (κ1) is 14.3. The molecule has 1 aliphatic heterocycles. The van der Waals surface area contributed by atoms with Crippen molar-refractivity contribution in [1.82, 2.24) is 15.4 Å². The molecule has 0 spiro atoms. The molecule has 0 aromatic heterocycles. The number of rotatable bonds is 3. The highest BCUT2D eigenvalue weighted by Crippen LogP contribution is 2.12. The van der Waals surface area contributed by atoms with Crippen LogP contribution in [0.3, 0.4) is 0 Å². The van der Waals surface area contributed by atoms with Crippen LogP contribution in [0.4, 0.5) is 5.69 Å². The molecule has 1 aliphatic rings. The number of nitrogens with two attached hydrogens (primary N) is 1. The molecule has 1 heterocycles. The normalized spacial score (nSPS) is 28.2. The lowest BCUT2D eigenvalue weighted by Crippen LogP contribution is -2.63. The predicted octanol–water partition coefficient (Wildman–Crippen LogP) is 0.191. The number of anilines is 1. The van der Waals surface area contributed by atoms with Crippen molar-refractivity contribution < 1.29 is 8.42 Å². The molecule has 19 heavy (non-hydrogen) atoms. The molecule has 0 amide bonds. The summed E-state index contributed by atoms with van der Waals surface area (Å²) in [5.41, 5.74) is 6.09. The molecule has 0 aliphatic carbocycles. The minimum absolute atomic E-state index is 0.205. The number of sulfonamides is 1. The van der Waals surface area contributed by atoms with E-state index in [-0.39, 0.29) is 17.0 Å². The smallest absolute Gasteiger partial charge is 0.242 e. The standard InChI is InChI=1S/C12H20N4O2S/c1-8-7-9(2)15-12(14-8)16-19(17,18)11-5-3-10(13)4-6-11/h3-6,8-9,12,14-16H,7,13H2,1-2H3. The Labute approximate surface area is 113 Å². The van der Waals surface area contributed by atoms with E-state index in [1.807, 2.05) is 13.8 Å². The predicted molar refractivity (Wildman–Crippen MR) is 74.8 cm³/mol. The van der Waals surface area contributed by atoms with Crippen LogP contribution in [-0.2, 0) is 10.0 Å². The fourth-order valence-electron chi connectivity index (χ4n) is 2.22. The Bertz CT molecular complexity index is 519. The van der Waals surface area contributed by atoms with Gasteiger partial charge in [0.1, 0.15) is 6.29 Å². The first-order valence-electron chi connectivity index (χ1n) is 6.27. The van der Waals surface area contributed by atoms with Gasteiger partial charge in [-0.2, -0.15) is 4.72 Å². The van der Waals surface area contributed by atoms with Gasteiger partial charge in [-0.15, -0.1) is 0 Å². The van der Waals surface area contributed by atoms with Gasteiger partial charge in [0.15, 0.2) is 0 Å². The maximum atomic E-state index is 12.2. The van der Waals surface area contributed by atoms with E-state index in [1.54, 1.807) is 12.1 Å². The molecular formula is C12H20N4O2S. The van der Waals surface area contributed by atoms with Crippen LogP contribution in [0.15, 0.2) is 29.2 Å². The van der Waals surface area contributed by atoms with E-state index < -0.39 is 16.3 Å². The van der Waals surface area contributed by atoms with Crippen molar-refractivity contribution in [2.45, 2.75) is 43.5 Å². The zero-order chi connectivity index (χ0) is 14.0. The fraction of sp³-hybridized carbons (Fsp3) is 0.500. The van der Waals surface area contributed by atoms with Gasteiger partial charge in [0.2, 0.25) is 10.0 Å². The summed E-state index contributed by atoms with van der Waals surface area (Å²) < 4.78 is 27.0. The molecule has 2 rings (SSSR count). The Hall–Kier alpha value is -1.15. The van der Waals surface area contributed by atoms with Crippen molar-refractivity contribution >= 4 is 15.7 Å². The number of benzene rings is 1. The number of hydrogen-bond acceptors (Lipinski definition) is 5. The number of hydrogen-bond donors (Lipinski definition) is 4. The van der Waals surface area contributed by atoms with Gasteiger partial charge in [0.25, 0.3) is 0 Å². The Kier molecular flexibility index (Phi) is 4.10. The third kappa shape index (κ3) is 3.66. The molecule has 0 saturated carbocycles. The molecule has 1 saturated heterocycles. The van der Waals surface area contributed by atoms with Crippen molar-refractivity contribution in [3.8, 4) is 0 Å². The first-order chi connectivity index (χ1) is 8.87. The van der Waals surface area contributed by atoms with E-state index in [0.717, 1.165) is 6.42 Å². The molecule has 6 nitrogen and oxygen atoms in total. The van der Waals surface area contributed by atoms with E-state index in [2.05, 4.69) is 15.4 Å². The summed E-state index contributed by atoms with van der Waals surface area (Å²) in [6.45, 7) is 4.06. The number of nitrogen functional groups attached to an aromatic ring is 1. The zero-order valence-corrected chi connectivity index (χ0v) is 11.9. The van der Waals surface area contributed by atoms with Crippen molar-refractivity contribution in [3.05, 3.63) is 24.3 Å². The summed E-state index contributed by atoms with van der Waals surface area (Å²) in [4.78, 5) is 0.205. The van der Waals surface area contributed by atoms with Gasteiger partial charge in [-0.25, -0.2) is 8.42 Å². The Morgan fingerprint density at radius 2 is 1.68 bits per heavy atom. The van der Waals surface area contributed by atoms with E-state index in [9.17, 15) is 8.42 Å². The van der Waals surface area contributed by atoms with Gasteiger partial charge < -0.3 is 5.73 Å². The van der Waals surface area contributed by atoms with Crippen molar-refractivity contribution in [2.24, 2.45) is 0 Å². The molecule has 0 bridgehead atoms. The Morgan fingerprint density at radius 3 is 2.21 bits per heavy atom.